The quantitative estimate of drug-likeness (QED) is 0.621. The molecule has 17 heavy (non-hydrogen) atoms. The fourth-order valence-corrected chi connectivity index (χ4v) is 1.34. The van der Waals surface area contributed by atoms with Crippen LogP contribution in [0.3, 0.4) is 0 Å². The van der Waals surface area contributed by atoms with Crippen molar-refractivity contribution in [1.29, 1.82) is 0 Å². The Bertz CT molecular complexity index is 450. The van der Waals surface area contributed by atoms with Crippen LogP contribution in [0.4, 0.5) is 5.69 Å². The summed E-state index contributed by atoms with van der Waals surface area (Å²) in [6.45, 7) is 1.64. The van der Waals surface area contributed by atoms with E-state index in [0.29, 0.717) is 10.6 Å². The minimum Gasteiger partial charge on any atom is -0.480 e. The third-order valence-electron chi connectivity index (χ3n) is 2.21. The molecular formula is C10H11ClN2O4. The van der Waals surface area contributed by atoms with Gasteiger partial charge in [0.1, 0.15) is 6.04 Å². The van der Waals surface area contributed by atoms with E-state index in [1.165, 1.54) is 25.1 Å². The molecular weight excluding hydrogens is 248 g/mol. The van der Waals surface area contributed by atoms with Gasteiger partial charge in [0.05, 0.1) is 4.92 Å². The lowest BCUT2D eigenvalue weighted by Gasteiger charge is -2.09. The second-order valence-corrected chi connectivity index (χ2v) is 3.88. The van der Waals surface area contributed by atoms with Crippen LogP contribution in [-0.4, -0.2) is 22.0 Å². The van der Waals surface area contributed by atoms with Gasteiger partial charge in [0.15, 0.2) is 0 Å². The highest BCUT2D eigenvalue weighted by Crippen LogP contribution is 2.21. The first-order valence-electron chi connectivity index (χ1n) is 4.81. The van der Waals surface area contributed by atoms with Gasteiger partial charge < -0.3 is 10.4 Å². The van der Waals surface area contributed by atoms with Crippen LogP contribution >= 0.6 is 11.6 Å². The van der Waals surface area contributed by atoms with Gasteiger partial charge in [-0.05, 0) is 18.6 Å². The van der Waals surface area contributed by atoms with Gasteiger partial charge >= 0.3 is 5.97 Å². The average Bonchev–Trinajstić information content (AvgIpc) is 2.26. The summed E-state index contributed by atoms with van der Waals surface area (Å²) in [5.74, 6) is -0.994. The van der Waals surface area contributed by atoms with E-state index in [9.17, 15) is 14.9 Å². The molecule has 92 valence electrons. The standard InChI is InChI=1S/C10H11ClN2O4/c1-6(10(14)15)12-5-7-4-8(13(16)17)2-3-9(7)11/h2-4,6,12H,5H2,1H3,(H,14,15). The minimum absolute atomic E-state index is 0.0748. The highest BCUT2D eigenvalue weighted by molar-refractivity contribution is 6.31. The molecule has 0 spiro atoms. The molecule has 0 aliphatic rings. The molecule has 0 aromatic heterocycles. The number of halogens is 1. The first kappa shape index (κ1) is 13.4. The number of carboxylic acid groups (broad SMARTS) is 1. The fourth-order valence-electron chi connectivity index (χ4n) is 1.16. The maximum Gasteiger partial charge on any atom is 0.320 e. The first-order chi connectivity index (χ1) is 7.91. The Balaban J connectivity index is 2.79. The second-order valence-electron chi connectivity index (χ2n) is 3.47. The van der Waals surface area contributed by atoms with Crippen LogP contribution in [0.15, 0.2) is 18.2 Å². The van der Waals surface area contributed by atoms with Crippen molar-refractivity contribution in [2.75, 3.05) is 0 Å². The molecule has 1 unspecified atom stereocenters. The van der Waals surface area contributed by atoms with Crippen LogP contribution in [0.5, 0.6) is 0 Å². The lowest BCUT2D eigenvalue weighted by atomic mass is 10.2. The summed E-state index contributed by atoms with van der Waals surface area (Å²) < 4.78 is 0. The molecule has 6 nitrogen and oxygen atoms in total. The van der Waals surface area contributed by atoms with Crippen LogP contribution in [0.2, 0.25) is 5.02 Å². The lowest BCUT2D eigenvalue weighted by Crippen LogP contribution is -2.33. The van der Waals surface area contributed by atoms with Crippen molar-refractivity contribution in [2.45, 2.75) is 19.5 Å². The number of non-ortho nitro benzene ring substituents is 1. The molecule has 1 aromatic carbocycles. The van der Waals surface area contributed by atoms with Gasteiger partial charge in [0.2, 0.25) is 0 Å². The van der Waals surface area contributed by atoms with Gasteiger partial charge in [0, 0.05) is 23.7 Å². The molecule has 7 heteroatoms. The van der Waals surface area contributed by atoms with Crippen molar-refractivity contribution >= 4 is 23.3 Å². The Kier molecular flexibility index (Phi) is 4.42. The number of nitrogens with one attached hydrogen (secondary N) is 1. The molecule has 2 N–H and O–H groups in total. The summed E-state index contributed by atoms with van der Waals surface area (Å²) in [5, 5.41) is 22.3. The third kappa shape index (κ3) is 3.69. The minimum atomic E-state index is -0.994. The number of carboxylic acids is 1. The van der Waals surface area contributed by atoms with E-state index in [4.69, 9.17) is 16.7 Å². The van der Waals surface area contributed by atoms with E-state index in [1.807, 2.05) is 0 Å². The van der Waals surface area contributed by atoms with Crippen molar-refractivity contribution < 1.29 is 14.8 Å². The van der Waals surface area contributed by atoms with Crippen molar-refractivity contribution in [3.8, 4) is 0 Å². The second kappa shape index (κ2) is 5.60. The number of nitro groups is 1. The SMILES string of the molecule is CC(NCc1cc([N+](=O)[O-])ccc1Cl)C(=O)O. The van der Waals surface area contributed by atoms with Crippen LogP contribution in [0.1, 0.15) is 12.5 Å². The monoisotopic (exact) mass is 258 g/mol. The molecule has 0 radical (unpaired) electrons. The highest BCUT2D eigenvalue weighted by Gasteiger charge is 2.13. The molecule has 0 bridgehead atoms. The number of aliphatic carboxylic acids is 1. The normalized spacial score (nSPS) is 12.1. The van der Waals surface area contributed by atoms with E-state index in [-0.39, 0.29) is 12.2 Å². The molecule has 1 aromatic rings. The molecule has 0 aliphatic carbocycles. The summed E-state index contributed by atoms with van der Waals surface area (Å²) in [4.78, 5) is 20.6. The number of hydrogen-bond acceptors (Lipinski definition) is 4. The summed E-state index contributed by atoms with van der Waals surface area (Å²) in [5.41, 5.74) is 0.420. The van der Waals surface area contributed by atoms with Gasteiger partial charge in [-0.25, -0.2) is 0 Å². The Morgan fingerprint density at radius 1 is 1.65 bits per heavy atom. The van der Waals surface area contributed by atoms with Crippen molar-refractivity contribution in [3.05, 3.63) is 38.9 Å². The molecule has 1 atom stereocenters. The molecule has 1 rings (SSSR count). The smallest absolute Gasteiger partial charge is 0.320 e. The maximum atomic E-state index is 10.6. The number of hydrogen-bond donors (Lipinski definition) is 2. The summed E-state index contributed by atoms with van der Waals surface area (Å²) in [7, 11) is 0. The molecule has 0 saturated carbocycles. The Labute approximate surface area is 102 Å². The van der Waals surface area contributed by atoms with E-state index >= 15 is 0 Å². The molecule has 0 fully saturated rings. The Morgan fingerprint density at radius 2 is 2.29 bits per heavy atom. The predicted octanol–water partition coefficient (Wildman–Crippen LogP) is 1.81. The van der Waals surface area contributed by atoms with E-state index in [0.717, 1.165) is 0 Å². The Hall–Kier alpha value is -1.66. The molecule has 0 amide bonds. The van der Waals surface area contributed by atoms with Crippen LogP contribution < -0.4 is 5.32 Å². The fraction of sp³-hybridized carbons (Fsp3) is 0.300. The number of nitro benzene ring substituents is 1. The van der Waals surface area contributed by atoms with Gasteiger partial charge in [-0.3, -0.25) is 14.9 Å². The van der Waals surface area contributed by atoms with E-state index in [2.05, 4.69) is 5.32 Å². The summed E-state index contributed by atoms with van der Waals surface area (Å²) >= 11 is 5.85. The number of rotatable bonds is 5. The van der Waals surface area contributed by atoms with E-state index in [1.54, 1.807) is 0 Å². The lowest BCUT2D eigenvalue weighted by molar-refractivity contribution is -0.384. The first-order valence-corrected chi connectivity index (χ1v) is 5.18. The molecule has 0 heterocycles. The van der Waals surface area contributed by atoms with Gasteiger partial charge in [-0.2, -0.15) is 0 Å². The zero-order valence-electron chi connectivity index (χ0n) is 9.01. The number of nitrogens with zero attached hydrogens (tertiary/aromatic N) is 1. The van der Waals surface area contributed by atoms with Crippen LogP contribution in [0.25, 0.3) is 0 Å². The third-order valence-corrected chi connectivity index (χ3v) is 2.58. The maximum absolute atomic E-state index is 10.6. The van der Waals surface area contributed by atoms with Gasteiger partial charge in [0.25, 0.3) is 5.69 Å². The number of carbonyl (C=O) groups is 1. The van der Waals surface area contributed by atoms with Crippen LogP contribution in [-0.2, 0) is 11.3 Å². The Morgan fingerprint density at radius 3 is 2.82 bits per heavy atom. The summed E-state index contributed by atoms with van der Waals surface area (Å²) in [6.07, 6.45) is 0. The van der Waals surface area contributed by atoms with Crippen molar-refractivity contribution in [3.63, 3.8) is 0 Å². The number of benzene rings is 1. The topological polar surface area (TPSA) is 92.5 Å². The largest absolute Gasteiger partial charge is 0.480 e. The van der Waals surface area contributed by atoms with Gasteiger partial charge in [-0.15, -0.1) is 0 Å². The zero-order valence-corrected chi connectivity index (χ0v) is 9.77. The molecule has 0 aliphatic heterocycles. The van der Waals surface area contributed by atoms with Gasteiger partial charge in [-0.1, -0.05) is 11.6 Å². The zero-order chi connectivity index (χ0) is 13.0. The summed E-state index contributed by atoms with van der Waals surface area (Å²) in [6, 6.07) is 3.30. The molecule has 0 saturated heterocycles. The van der Waals surface area contributed by atoms with E-state index < -0.39 is 16.9 Å². The highest BCUT2D eigenvalue weighted by atomic mass is 35.5. The average molecular weight is 259 g/mol. The van der Waals surface area contributed by atoms with Crippen molar-refractivity contribution in [2.24, 2.45) is 0 Å². The van der Waals surface area contributed by atoms with Crippen molar-refractivity contribution in [1.82, 2.24) is 5.32 Å². The predicted molar refractivity (Wildman–Crippen MR) is 62.0 cm³/mol. The van der Waals surface area contributed by atoms with Crippen LogP contribution in [0, 0.1) is 10.1 Å².